The second kappa shape index (κ2) is 8.86. The summed E-state index contributed by atoms with van der Waals surface area (Å²) in [6.07, 6.45) is 0.813. The van der Waals surface area contributed by atoms with E-state index in [1.54, 1.807) is 0 Å². The van der Waals surface area contributed by atoms with Crippen LogP contribution >= 0.6 is 11.6 Å². The Balaban J connectivity index is 1.71. The van der Waals surface area contributed by atoms with Gasteiger partial charge in [0.25, 0.3) is 0 Å². The Hall–Kier alpha value is -3.25. The minimum Gasteiger partial charge on any atom is -0.481 e. The third kappa shape index (κ3) is 4.44. The molecule has 1 amide bonds. The van der Waals surface area contributed by atoms with Crippen LogP contribution in [-0.4, -0.2) is 32.7 Å². The van der Waals surface area contributed by atoms with Gasteiger partial charge in [0, 0.05) is 30.2 Å². The highest BCUT2D eigenvalue weighted by Gasteiger charge is 2.34. The van der Waals surface area contributed by atoms with Crippen molar-refractivity contribution in [3.05, 3.63) is 76.4 Å². The minimum absolute atomic E-state index is 0.0585. The molecular weight excluding hydrogens is 414 g/mol. The van der Waals surface area contributed by atoms with E-state index >= 15 is 0 Å². The monoisotopic (exact) mass is 435 g/mol. The van der Waals surface area contributed by atoms with Crippen molar-refractivity contribution in [2.75, 3.05) is 0 Å². The highest BCUT2D eigenvalue weighted by Crippen LogP contribution is 2.38. The van der Waals surface area contributed by atoms with Crippen LogP contribution in [0.4, 0.5) is 0 Å². The van der Waals surface area contributed by atoms with E-state index in [0.29, 0.717) is 11.6 Å². The first-order chi connectivity index (χ1) is 14.9. The Morgan fingerprint density at radius 3 is 2.65 bits per heavy atom. The predicted octanol–water partition coefficient (Wildman–Crippen LogP) is 5.13. The van der Waals surface area contributed by atoms with E-state index in [0.717, 1.165) is 33.3 Å². The van der Waals surface area contributed by atoms with E-state index in [1.165, 1.54) is 5.01 Å². The molecule has 4 rings (SSSR count). The molecule has 3 aromatic rings. The van der Waals surface area contributed by atoms with Crippen molar-refractivity contribution < 1.29 is 14.7 Å². The number of carboxylic acids is 1. The number of carbonyl (C=O) groups is 2. The molecule has 0 bridgehead atoms. The molecule has 0 aliphatic carbocycles. The summed E-state index contributed by atoms with van der Waals surface area (Å²) in [5.74, 6) is -1.14. The number of amides is 1. The molecule has 0 fully saturated rings. The topological polar surface area (TPSA) is 82.9 Å². The van der Waals surface area contributed by atoms with Gasteiger partial charge >= 0.3 is 5.97 Å². The highest BCUT2D eigenvalue weighted by molar-refractivity contribution is 6.30. The summed E-state index contributed by atoms with van der Waals surface area (Å²) in [6.45, 7) is 1.98. The van der Waals surface area contributed by atoms with Gasteiger partial charge in [-0.25, -0.2) is 9.99 Å². The van der Waals surface area contributed by atoms with Crippen LogP contribution in [0.1, 0.15) is 48.4 Å². The number of aliphatic carboxylic acids is 1. The second-order valence-electron chi connectivity index (χ2n) is 7.63. The summed E-state index contributed by atoms with van der Waals surface area (Å²) in [5.41, 5.74) is 4.32. The summed E-state index contributed by atoms with van der Waals surface area (Å²) in [4.78, 5) is 28.4. The van der Waals surface area contributed by atoms with Gasteiger partial charge in [-0.3, -0.25) is 9.59 Å². The van der Waals surface area contributed by atoms with Crippen LogP contribution in [0.3, 0.4) is 0 Å². The lowest BCUT2D eigenvalue weighted by molar-refractivity contribution is -0.137. The Morgan fingerprint density at radius 1 is 1.13 bits per heavy atom. The molecular formula is C24H22ClN3O3. The number of benzene rings is 2. The van der Waals surface area contributed by atoms with Gasteiger partial charge in [-0.2, -0.15) is 5.10 Å². The minimum atomic E-state index is -0.920. The summed E-state index contributed by atoms with van der Waals surface area (Å²) in [5, 5.41) is 16.3. The number of halogens is 1. The molecule has 0 saturated heterocycles. The molecule has 0 saturated carbocycles. The lowest BCUT2D eigenvalue weighted by atomic mass is 9.97. The van der Waals surface area contributed by atoms with E-state index in [1.807, 2.05) is 61.5 Å². The van der Waals surface area contributed by atoms with Crippen molar-refractivity contribution in [1.82, 2.24) is 9.99 Å². The van der Waals surface area contributed by atoms with Gasteiger partial charge in [-0.15, -0.1) is 0 Å². The normalized spacial score (nSPS) is 15.9. The molecule has 1 N–H and O–H groups in total. The maximum absolute atomic E-state index is 13.0. The number of carbonyl (C=O) groups excluding carboxylic acids is 1. The SMILES string of the molecule is Cc1cccc2cc(C3CC(c4ccccc4)=NN3C(=O)CCCC(=O)O)c(Cl)nc12. The fourth-order valence-electron chi connectivity index (χ4n) is 3.87. The van der Waals surface area contributed by atoms with Gasteiger partial charge < -0.3 is 5.11 Å². The predicted molar refractivity (Wildman–Crippen MR) is 120 cm³/mol. The smallest absolute Gasteiger partial charge is 0.303 e. The Morgan fingerprint density at radius 2 is 1.90 bits per heavy atom. The number of rotatable bonds is 6. The van der Waals surface area contributed by atoms with Gasteiger partial charge in [-0.05, 0) is 30.5 Å². The number of aryl methyl sites for hydroxylation is 1. The first-order valence-corrected chi connectivity index (χ1v) is 10.5. The molecule has 1 aromatic heterocycles. The molecule has 1 aliphatic heterocycles. The maximum Gasteiger partial charge on any atom is 0.303 e. The zero-order valence-corrected chi connectivity index (χ0v) is 17.8. The van der Waals surface area contributed by atoms with E-state index in [-0.39, 0.29) is 25.2 Å². The molecule has 0 radical (unpaired) electrons. The Kier molecular flexibility index (Phi) is 6.00. The van der Waals surface area contributed by atoms with Crippen molar-refractivity contribution >= 4 is 40.1 Å². The molecule has 31 heavy (non-hydrogen) atoms. The van der Waals surface area contributed by atoms with Crippen LogP contribution in [-0.2, 0) is 9.59 Å². The van der Waals surface area contributed by atoms with Crippen LogP contribution in [0.25, 0.3) is 10.9 Å². The summed E-state index contributed by atoms with van der Waals surface area (Å²) in [6, 6.07) is 17.2. The van der Waals surface area contributed by atoms with Crippen molar-refractivity contribution in [3.8, 4) is 0 Å². The quantitative estimate of drug-likeness (QED) is 0.544. The van der Waals surface area contributed by atoms with Crippen molar-refractivity contribution in [2.45, 2.75) is 38.6 Å². The van der Waals surface area contributed by atoms with Crippen molar-refractivity contribution in [1.29, 1.82) is 0 Å². The standard InChI is InChI=1S/C24H22ClN3O3/c1-15-7-5-10-17-13-18(24(25)26-23(15)17)20-14-19(16-8-3-2-4-9-16)27-28(20)21(29)11-6-12-22(30)31/h2-5,7-10,13,20H,6,11-12,14H2,1H3,(H,30,31). The van der Waals surface area contributed by atoms with Gasteiger partial charge in [0.05, 0.1) is 17.3 Å². The van der Waals surface area contributed by atoms with Crippen LogP contribution in [0.5, 0.6) is 0 Å². The average Bonchev–Trinajstić information content (AvgIpc) is 3.20. The molecule has 1 atom stereocenters. The van der Waals surface area contributed by atoms with Crippen LogP contribution in [0.15, 0.2) is 59.7 Å². The highest BCUT2D eigenvalue weighted by atomic mass is 35.5. The zero-order valence-electron chi connectivity index (χ0n) is 17.1. The number of para-hydroxylation sites is 1. The molecule has 1 unspecified atom stereocenters. The van der Waals surface area contributed by atoms with Gasteiger partial charge in [-0.1, -0.05) is 60.1 Å². The molecule has 0 spiro atoms. The molecule has 7 heteroatoms. The number of pyridine rings is 1. The van der Waals surface area contributed by atoms with Gasteiger partial charge in [0.2, 0.25) is 5.91 Å². The van der Waals surface area contributed by atoms with Gasteiger partial charge in [0.1, 0.15) is 5.15 Å². The Labute approximate surface area is 185 Å². The zero-order chi connectivity index (χ0) is 22.0. The third-order valence-electron chi connectivity index (χ3n) is 5.44. The molecule has 2 heterocycles. The van der Waals surface area contributed by atoms with E-state index in [9.17, 15) is 9.59 Å². The molecule has 1 aliphatic rings. The second-order valence-corrected chi connectivity index (χ2v) is 7.99. The Bertz CT molecular complexity index is 1180. The third-order valence-corrected chi connectivity index (χ3v) is 5.74. The first-order valence-electron chi connectivity index (χ1n) is 10.2. The first kappa shape index (κ1) is 21.0. The fraction of sp³-hybridized carbons (Fsp3) is 0.250. The summed E-state index contributed by atoms with van der Waals surface area (Å²) >= 11 is 6.59. The molecule has 2 aromatic carbocycles. The van der Waals surface area contributed by atoms with E-state index < -0.39 is 12.0 Å². The van der Waals surface area contributed by atoms with E-state index in [4.69, 9.17) is 16.7 Å². The number of carboxylic acid groups (broad SMARTS) is 1. The van der Waals surface area contributed by atoms with Crippen molar-refractivity contribution in [3.63, 3.8) is 0 Å². The molecule has 158 valence electrons. The number of hydrogen-bond donors (Lipinski definition) is 1. The lowest BCUT2D eigenvalue weighted by Gasteiger charge is -2.23. The number of hydrogen-bond acceptors (Lipinski definition) is 4. The van der Waals surface area contributed by atoms with Crippen molar-refractivity contribution in [2.24, 2.45) is 5.10 Å². The van der Waals surface area contributed by atoms with Gasteiger partial charge in [0.15, 0.2) is 0 Å². The lowest BCUT2D eigenvalue weighted by Crippen LogP contribution is -2.27. The molecule has 6 nitrogen and oxygen atoms in total. The summed E-state index contributed by atoms with van der Waals surface area (Å²) < 4.78 is 0. The van der Waals surface area contributed by atoms with Crippen LogP contribution < -0.4 is 0 Å². The van der Waals surface area contributed by atoms with Crippen LogP contribution in [0.2, 0.25) is 5.15 Å². The largest absolute Gasteiger partial charge is 0.481 e. The fourth-order valence-corrected chi connectivity index (χ4v) is 4.13. The maximum atomic E-state index is 13.0. The number of aromatic nitrogens is 1. The number of hydrazone groups is 1. The average molecular weight is 436 g/mol. The number of nitrogens with zero attached hydrogens (tertiary/aromatic N) is 3. The van der Waals surface area contributed by atoms with E-state index in [2.05, 4.69) is 10.1 Å². The van der Waals surface area contributed by atoms with Crippen LogP contribution in [0, 0.1) is 6.92 Å². The summed E-state index contributed by atoms with van der Waals surface area (Å²) in [7, 11) is 0. The number of fused-ring (bicyclic) bond motifs is 1.